The summed E-state index contributed by atoms with van der Waals surface area (Å²) >= 11 is 5.96. The van der Waals surface area contributed by atoms with Crippen LogP contribution in [0.15, 0.2) is 48.5 Å². The maximum atomic E-state index is 9.86. The molecule has 2 aromatic carbocycles. The summed E-state index contributed by atoms with van der Waals surface area (Å²) in [6, 6.07) is 15.3. The molecule has 1 atom stereocenters. The normalized spacial score (nSPS) is 12.3. The van der Waals surface area contributed by atoms with Gasteiger partial charge in [-0.05, 0) is 36.6 Å². The highest BCUT2D eigenvalue weighted by Crippen LogP contribution is 2.24. The first-order chi connectivity index (χ1) is 10.2. The Balaban J connectivity index is 2.07. The summed E-state index contributed by atoms with van der Waals surface area (Å²) in [6.45, 7) is 0.699. The SMILES string of the molecule is OCCCC(NCc1cc(Cl)ccc1O)c1ccccc1. The van der Waals surface area contributed by atoms with E-state index in [1.54, 1.807) is 18.2 Å². The molecular weight excluding hydrogens is 286 g/mol. The molecule has 112 valence electrons. The van der Waals surface area contributed by atoms with Gasteiger partial charge in [0.05, 0.1) is 0 Å². The van der Waals surface area contributed by atoms with E-state index in [2.05, 4.69) is 17.4 Å². The standard InChI is InChI=1S/C17H20ClNO2/c18-15-8-9-17(21)14(11-15)12-19-16(7-4-10-20)13-5-2-1-3-6-13/h1-3,5-6,8-9,11,16,19-21H,4,7,10,12H2. The second kappa shape index (κ2) is 8.03. The van der Waals surface area contributed by atoms with Gasteiger partial charge in [-0.25, -0.2) is 0 Å². The molecule has 0 aliphatic heterocycles. The first kappa shape index (κ1) is 15.8. The number of hydrogen-bond acceptors (Lipinski definition) is 3. The Morgan fingerprint density at radius 1 is 1.10 bits per heavy atom. The van der Waals surface area contributed by atoms with Crippen molar-refractivity contribution in [2.24, 2.45) is 0 Å². The van der Waals surface area contributed by atoms with Gasteiger partial charge in [0.25, 0.3) is 0 Å². The van der Waals surface area contributed by atoms with Gasteiger partial charge in [0.2, 0.25) is 0 Å². The van der Waals surface area contributed by atoms with E-state index >= 15 is 0 Å². The van der Waals surface area contributed by atoms with E-state index in [4.69, 9.17) is 16.7 Å². The summed E-state index contributed by atoms with van der Waals surface area (Å²) in [5.41, 5.74) is 1.94. The number of phenolic OH excluding ortho intramolecular Hbond substituents is 1. The van der Waals surface area contributed by atoms with Crippen LogP contribution in [0.1, 0.15) is 30.0 Å². The van der Waals surface area contributed by atoms with Crippen LogP contribution in [-0.4, -0.2) is 16.8 Å². The highest BCUT2D eigenvalue weighted by molar-refractivity contribution is 6.30. The lowest BCUT2D eigenvalue weighted by Gasteiger charge is -2.19. The van der Waals surface area contributed by atoms with E-state index in [1.807, 2.05) is 18.2 Å². The van der Waals surface area contributed by atoms with Gasteiger partial charge in [0, 0.05) is 29.8 Å². The number of aliphatic hydroxyl groups excluding tert-OH is 1. The Hall–Kier alpha value is -1.55. The van der Waals surface area contributed by atoms with Crippen LogP contribution in [0.3, 0.4) is 0 Å². The van der Waals surface area contributed by atoms with Crippen molar-refractivity contribution in [1.29, 1.82) is 0 Å². The molecule has 0 amide bonds. The van der Waals surface area contributed by atoms with Crippen LogP contribution < -0.4 is 5.32 Å². The summed E-state index contributed by atoms with van der Waals surface area (Å²) in [7, 11) is 0. The molecule has 0 spiro atoms. The molecule has 0 aromatic heterocycles. The molecular formula is C17H20ClNO2. The number of hydrogen-bond donors (Lipinski definition) is 3. The third-order valence-corrected chi connectivity index (χ3v) is 3.67. The topological polar surface area (TPSA) is 52.5 Å². The van der Waals surface area contributed by atoms with Gasteiger partial charge in [-0.15, -0.1) is 0 Å². The molecule has 0 aliphatic carbocycles. The fourth-order valence-corrected chi connectivity index (χ4v) is 2.49. The molecule has 21 heavy (non-hydrogen) atoms. The van der Waals surface area contributed by atoms with Gasteiger partial charge in [0.15, 0.2) is 0 Å². The zero-order valence-electron chi connectivity index (χ0n) is 11.8. The quantitative estimate of drug-likeness (QED) is 0.732. The molecule has 2 rings (SSSR count). The summed E-state index contributed by atoms with van der Waals surface area (Å²) in [4.78, 5) is 0. The molecule has 0 fully saturated rings. The molecule has 0 radical (unpaired) electrons. The molecule has 3 N–H and O–H groups in total. The third-order valence-electron chi connectivity index (χ3n) is 3.43. The average molecular weight is 306 g/mol. The van der Waals surface area contributed by atoms with Gasteiger partial charge < -0.3 is 15.5 Å². The Morgan fingerprint density at radius 2 is 1.86 bits per heavy atom. The number of nitrogens with one attached hydrogen (secondary N) is 1. The smallest absolute Gasteiger partial charge is 0.120 e. The predicted molar refractivity (Wildman–Crippen MR) is 85.5 cm³/mol. The third kappa shape index (κ3) is 4.74. The van der Waals surface area contributed by atoms with Crippen molar-refractivity contribution in [2.45, 2.75) is 25.4 Å². The van der Waals surface area contributed by atoms with Crippen LogP contribution >= 0.6 is 11.6 Å². The molecule has 0 saturated carbocycles. The number of benzene rings is 2. The first-order valence-corrected chi connectivity index (χ1v) is 7.45. The van der Waals surface area contributed by atoms with E-state index in [9.17, 15) is 5.11 Å². The van der Waals surface area contributed by atoms with Gasteiger partial charge in [-0.3, -0.25) is 0 Å². The summed E-state index contributed by atoms with van der Waals surface area (Å²) in [6.07, 6.45) is 1.57. The fourth-order valence-electron chi connectivity index (χ4n) is 2.30. The van der Waals surface area contributed by atoms with Crippen molar-refractivity contribution >= 4 is 11.6 Å². The largest absolute Gasteiger partial charge is 0.508 e. The summed E-state index contributed by atoms with van der Waals surface area (Å²) in [5, 5.41) is 22.9. The second-order valence-electron chi connectivity index (χ2n) is 4.98. The Labute approximate surface area is 130 Å². The lowest BCUT2D eigenvalue weighted by atomic mass is 10.0. The minimum Gasteiger partial charge on any atom is -0.508 e. The Bertz CT molecular complexity index is 560. The van der Waals surface area contributed by atoms with E-state index in [0.717, 1.165) is 18.4 Å². The second-order valence-corrected chi connectivity index (χ2v) is 5.42. The number of halogens is 1. The highest BCUT2D eigenvalue weighted by atomic mass is 35.5. The van der Waals surface area contributed by atoms with Crippen LogP contribution in [-0.2, 0) is 6.54 Å². The van der Waals surface area contributed by atoms with Crippen LogP contribution in [0.2, 0.25) is 5.02 Å². The fraction of sp³-hybridized carbons (Fsp3) is 0.294. The number of aromatic hydroxyl groups is 1. The molecule has 3 nitrogen and oxygen atoms in total. The molecule has 1 unspecified atom stereocenters. The van der Waals surface area contributed by atoms with E-state index in [1.165, 1.54) is 5.56 Å². The monoisotopic (exact) mass is 305 g/mol. The van der Waals surface area contributed by atoms with Gasteiger partial charge in [-0.1, -0.05) is 41.9 Å². The van der Waals surface area contributed by atoms with Gasteiger partial charge in [0.1, 0.15) is 5.75 Å². The number of rotatable bonds is 7. The van der Waals surface area contributed by atoms with Gasteiger partial charge in [-0.2, -0.15) is 0 Å². The number of phenols is 1. The maximum Gasteiger partial charge on any atom is 0.120 e. The van der Waals surface area contributed by atoms with Crippen molar-refractivity contribution in [1.82, 2.24) is 5.32 Å². The first-order valence-electron chi connectivity index (χ1n) is 7.07. The zero-order chi connectivity index (χ0) is 15.1. The van der Waals surface area contributed by atoms with Crippen molar-refractivity contribution < 1.29 is 10.2 Å². The highest BCUT2D eigenvalue weighted by Gasteiger charge is 2.11. The van der Waals surface area contributed by atoms with Crippen molar-refractivity contribution in [2.75, 3.05) is 6.61 Å². The molecule has 4 heteroatoms. The summed E-state index contributed by atoms with van der Waals surface area (Å²) < 4.78 is 0. The van der Waals surface area contributed by atoms with Crippen LogP contribution in [0, 0.1) is 0 Å². The molecule has 0 heterocycles. The molecule has 0 aliphatic rings. The zero-order valence-corrected chi connectivity index (χ0v) is 12.6. The molecule has 0 saturated heterocycles. The summed E-state index contributed by atoms with van der Waals surface area (Å²) in [5.74, 6) is 0.237. The van der Waals surface area contributed by atoms with E-state index in [0.29, 0.717) is 11.6 Å². The maximum absolute atomic E-state index is 9.86. The Morgan fingerprint density at radius 3 is 2.57 bits per heavy atom. The van der Waals surface area contributed by atoms with Gasteiger partial charge >= 0.3 is 0 Å². The Kier molecular flexibility index (Phi) is 6.05. The van der Waals surface area contributed by atoms with E-state index < -0.39 is 0 Å². The lowest BCUT2D eigenvalue weighted by molar-refractivity contribution is 0.274. The number of aliphatic hydroxyl groups is 1. The van der Waals surface area contributed by atoms with Crippen LogP contribution in [0.25, 0.3) is 0 Å². The van der Waals surface area contributed by atoms with Crippen molar-refractivity contribution in [3.63, 3.8) is 0 Å². The molecule has 0 bridgehead atoms. The predicted octanol–water partition coefficient (Wildman–Crippen LogP) is 3.65. The van der Waals surface area contributed by atoms with E-state index in [-0.39, 0.29) is 18.4 Å². The van der Waals surface area contributed by atoms with Crippen LogP contribution in [0.4, 0.5) is 0 Å². The lowest BCUT2D eigenvalue weighted by Crippen LogP contribution is -2.21. The van der Waals surface area contributed by atoms with Crippen molar-refractivity contribution in [3.8, 4) is 5.75 Å². The molecule has 2 aromatic rings. The minimum atomic E-state index is 0.136. The minimum absolute atomic E-state index is 0.136. The van der Waals surface area contributed by atoms with Crippen molar-refractivity contribution in [3.05, 3.63) is 64.7 Å². The van der Waals surface area contributed by atoms with Crippen LogP contribution in [0.5, 0.6) is 5.75 Å². The average Bonchev–Trinajstić information content (AvgIpc) is 2.51.